The lowest BCUT2D eigenvalue weighted by molar-refractivity contribution is -0.147. The molecule has 0 spiro atoms. The van der Waals surface area contributed by atoms with Crippen LogP contribution >= 0.6 is 0 Å². The SMILES string of the molecule is O=C(Nc1ccc2ccccc2c1)[C@@H]1[C@H](C(=O)O)[C@@H]2CC[C@H]1O2. The summed E-state index contributed by atoms with van der Waals surface area (Å²) in [6.45, 7) is 0. The van der Waals surface area contributed by atoms with Crippen LogP contribution in [-0.2, 0) is 14.3 Å². The molecule has 0 aliphatic carbocycles. The molecular formula is C18H17NO4. The lowest BCUT2D eigenvalue weighted by Gasteiger charge is -2.23. The van der Waals surface area contributed by atoms with Gasteiger partial charge in [0.05, 0.1) is 24.0 Å². The number of ether oxygens (including phenoxy) is 1. The number of hydrogen-bond donors (Lipinski definition) is 2. The maximum absolute atomic E-state index is 12.6. The summed E-state index contributed by atoms with van der Waals surface area (Å²) in [5.74, 6) is -2.57. The molecule has 0 radical (unpaired) electrons. The maximum Gasteiger partial charge on any atom is 0.310 e. The molecule has 2 aromatic carbocycles. The summed E-state index contributed by atoms with van der Waals surface area (Å²) in [5.41, 5.74) is 0.681. The second-order valence-electron chi connectivity index (χ2n) is 6.23. The van der Waals surface area contributed by atoms with E-state index in [1.54, 1.807) is 0 Å². The van der Waals surface area contributed by atoms with Crippen LogP contribution in [0.4, 0.5) is 5.69 Å². The number of nitrogens with one attached hydrogen (secondary N) is 1. The molecule has 0 unspecified atom stereocenters. The minimum atomic E-state index is -0.948. The van der Waals surface area contributed by atoms with Crippen LogP contribution in [0.1, 0.15) is 12.8 Å². The number of carbonyl (C=O) groups excluding carboxylic acids is 1. The number of amides is 1. The van der Waals surface area contributed by atoms with Crippen molar-refractivity contribution in [2.45, 2.75) is 25.0 Å². The molecule has 23 heavy (non-hydrogen) atoms. The zero-order valence-corrected chi connectivity index (χ0v) is 12.4. The molecule has 4 rings (SSSR count). The number of fused-ring (bicyclic) bond motifs is 3. The van der Waals surface area contributed by atoms with E-state index in [4.69, 9.17) is 4.74 Å². The molecule has 2 bridgehead atoms. The summed E-state index contributed by atoms with van der Waals surface area (Å²) in [6.07, 6.45) is 0.873. The van der Waals surface area contributed by atoms with Crippen LogP contribution in [0.3, 0.4) is 0 Å². The normalized spacial score (nSPS) is 28.9. The average molecular weight is 311 g/mol. The fraction of sp³-hybridized carbons (Fsp3) is 0.333. The van der Waals surface area contributed by atoms with Gasteiger partial charge in [0.2, 0.25) is 5.91 Å². The van der Waals surface area contributed by atoms with E-state index in [1.807, 2.05) is 42.5 Å². The van der Waals surface area contributed by atoms with Gasteiger partial charge in [0.15, 0.2) is 0 Å². The van der Waals surface area contributed by atoms with Gasteiger partial charge in [-0.1, -0.05) is 30.3 Å². The highest BCUT2D eigenvalue weighted by molar-refractivity contribution is 5.98. The van der Waals surface area contributed by atoms with E-state index in [0.717, 1.165) is 23.6 Å². The highest BCUT2D eigenvalue weighted by Gasteiger charge is 2.55. The second kappa shape index (κ2) is 5.35. The van der Waals surface area contributed by atoms with Crippen molar-refractivity contribution in [3.05, 3.63) is 42.5 Å². The molecule has 0 aromatic heterocycles. The summed E-state index contributed by atoms with van der Waals surface area (Å²) in [5, 5.41) is 14.4. The Morgan fingerprint density at radius 2 is 1.70 bits per heavy atom. The molecule has 5 nitrogen and oxygen atoms in total. The summed E-state index contributed by atoms with van der Waals surface area (Å²) < 4.78 is 5.65. The quantitative estimate of drug-likeness (QED) is 0.914. The number of aliphatic carboxylic acids is 1. The number of benzene rings is 2. The fourth-order valence-corrected chi connectivity index (χ4v) is 3.82. The third kappa shape index (κ3) is 2.37. The number of rotatable bonds is 3. The van der Waals surface area contributed by atoms with Crippen LogP contribution in [0.15, 0.2) is 42.5 Å². The van der Waals surface area contributed by atoms with Gasteiger partial charge in [-0.15, -0.1) is 0 Å². The molecule has 2 aliphatic rings. The van der Waals surface area contributed by atoms with Crippen LogP contribution in [0.25, 0.3) is 10.8 Å². The molecule has 0 saturated carbocycles. The minimum absolute atomic E-state index is 0.264. The smallest absolute Gasteiger partial charge is 0.310 e. The molecular weight excluding hydrogens is 294 g/mol. The molecule has 2 aromatic rings. The first-order valence-electron chi connectivity index (χ1n) is 7.81. The second-order valence-corrected chi connectivity index (χ2v) is 6.23. The van der Waals surface area contributed by atoms with E-state index in [0.29, 0.717) is 5.69 Å². The average Bonchev–Trinajstić information content (AvgIpc) is 3.15. The molecule has 2 aliphatic heterocycles. The van der Waals surface area contributed by atoms with Crippen molar-refractivity contribution in [3.8, 4) is 0 Å². The van der Waals surface area contributed by atoms with Crippen LogP contribution in [-0.4, -0.2) is 29.2 Å². The first kappa shape index (κ1) is 14.2. The first-order chi connectivity index (χ1) is 11.1. The number of carboxylic acids is 1. The molecule has 2 fully saturated rings. The van der Waals surface area contributed by atoms with Crippen LogP contribution in [0.5, 0.6) is 0 Å². The van der Waals surface area contributed by atoms with E-state index in [1.165, 1.54) is 0 Å². The summed E-state index contributed by atoms with van der Waals surface area (Å²) in [7, 11) is 0. The highest BCUT2D eigenvalue weighted by atomic mass is 16.5. The monoisotopic (exact) mass is 311 g/mol. The summed E-state index contributed by atoms with van der Waals surface area (Å²) in [6, 6.07) is 13.6. The third-order valence-electron chi connectivity index (χ3n) is 4.88. The van der Waals surface area contributed by atoms with Gasteiger partial charge in [-0.05, 0) is 35.7 Å². The van der Waals surface area contributed by atoms with Gasteiger partial charge >= 0.3 is 5.97 Å². The summed E-state index contributed by atoms with van der Waals surface area (Å²) >= 11 is 0. The van der Waals surface area contributed by atoms with Crippen molar-refractivity contribution in [3.63, 3.8) is 0 Å². The van der Waals surface area contributed by atoms with Gasteiger partial charge in [0, 0.05) is 5.69 Å². The van der Waals surface area contributed by atoms with Crippen molar-refractivity contribution < 1.29 is 19.4 Å². The van der Waals surface area contributed by atoms with E-state index < -0.39 is 17.8 Å². The zero-order valence-electron chi connectivity index (χ0n) is 12.4. The predicted molar refractivity (Wildman–Crippen MR) is 85.1 cm³/mol. The van der Waals surface area contributed by atoms with Crippen LogP contribution in [0.2, 0.25) is 0 Å². The Morgan fingerprint density at radius 3 is 2.43 bits per heavy atom. The topological polar surface area (TPSA) is 75.6 Å². The van der Waals surface area contributed by atoms with Gasteiger partial charge in [0.25, 0.3) is 0 Å². The largest absolute Gasteiger partial charge is 0.481 e. The lowest BCUT2D eigenvalue weighted by atomic mass is 9.78. The standard InChI is InChI=1S/C18H17NO4/c20-17(15-13-7-8-14(23-13)16(15)18(21)22)19-12-6-5-10-3-1-2-4-11(10)9-12/h1-6,9,13-16H,7-8H2,(H,19,20)(H,21,22)/t13-,14+,15+,16-/m1/s1. The van der Waals surface area contributed by atoms with Gasteiger partial charge in [-0.3, -0.25) is 9.59 Å². The number of carbonyl (C=O) groups is 2. The van der Waals surface area contributed by atoms with Gasteiger partial charge in [-0.25, -0.2) is 0 Å². The first-order valence-corrected chi connectivity index (χ1v) is 7.81. The van der Waals surface area contributed by atoms with E-state index in [9.17, 15) is 14.7 Å². The van der Waals surface area contributed by atoms with Crippen LogP contribution < -0.4 is 5.32 Å². The van der Waals surface area contributed by atoms with E-state index >= 15 is 0 Å². The van der Waals surface area contributed by atoms with Crippen molar-refractivity contribution in [2.24, 2.45) is 11.8 Å². The van der Waals surface area contributed by atoms with Crippen molar-refractivity contribution in [2.75, 3.05) is 5.32 Å². The Balaban J connectivity index is 1.57. The molecule has 2 heterocycles. The Kier molecular flexibility index (Phi) is 3.31. The van der Waals surface area contributed by atoms with E-state index in [-0.39, 0.29) is 18.1 Å². The molecule has 118 valence electrons. The zero-order chi connectivity index (χ0) is 16.0. The molecule has 2 saturated heterocycles. The summed E-state index contributed by atoms with van der Waals surface area (Å²) in [4.78, 5) is 24.1. The molecule has 4 atom stereocenters. The van der Waals surface area contributed by atoms with E-state index in [2.05, 4.69) is 5.32 Å². The third-order valence-corrected chi connectivity index (χ3v) is 4.88. The Bertz CT molecular complexity index is 787. The number of carboxylic acid groups (broad SMARTS) is 1. The van der Waals surface area contributed by atoms with Gasteiger partial charge in [-0.2, -0.15) is 0 Å². The van der Waals surface area contributed by atoms with Crippen molar-refractivity contribution >= 4 is 28.3 Å². The van der Waals surface area contributed by atoms with Crippen molar-refractivity contribution in [1.82, 2.24) is 0 Å². The Morgan fingerprint density at radius 1 is 1.00 bits per heavy atom. The maximum atomic E-state index is 12.6. The fourth-order valence-electron chi connectivity index (χ4n) is 3.82. The van der Waals surface area contributed by atoms with Crippen molar-refractivity contribution in [1.29, 1.82) is 0 Å². The molecule has 5 heteroatoms. The number of anilines is 1. The molecule has 1 amide bonds. The Labute approximate surface area is 133 Å². The lowest BCUT2D eigenvalue weighted by Crippen LogP contribution is -2.40. The van der Waals surface area contributed by atoms with Gasteiger partial charge in [0.1, 0.15) is 0 Å². The Hall–Kier alpha value is -2.40. The van der Waals surface area contributed by atoms with Gasteiger partial charge < -0.3 is 15.2 Å². The molecule has 2 N–H and O–H groups in total. The predicted octanol–water partition coefficient (Wildman–Crippen LogP) is 2.66. The minimum Gasteiger partial charge on any atom is -0.481 e. The van der Waals surface area contributed by atoms with Crippen LogP contribution in [0, 0.1) is 11.8 Å². The number of hydrogen-bond acceptors (Lipinski definition) is 3. The highest BCUT2D eigenvalue weighted by Crippen LogP contribution is 2.44.